The van der Waals surface area contributed by atoms with Crippen molar-refractivity contribution in [2.75, 3.05) is 38.0 Å². The van der Waals surface area contributed by atoms with Gasteiger partial charge in [-0.3, -0.25) is 14.3 Å². The highest BCUT2D eigenvalue weighted by molar-refractivity contribution is 7.91. The SMILES string of the molecule is C=C[C@@H]1C[C@@]1(C(=O)NS(=O)(=O)C1CC1)N(C(=O)C(Nc1cc(C)cc(C)n1)C(C)C)C(=O)N1C[C@H](Oc2nc(N(C)C)cc3cc(OC)ccc23)CC1C. The standard InChI is InChI=1S/C39H51N7O7S/c1-10-27-20-39(27,37(48)43-54(50,51)30-12-13-30)46(36(47)34(22(2)3)41-32-16-23(4)15-24(5)40-32)38(49)45-21-29(17-25(45)6)53-35-31-14-11-28(52-9)18-26(31)19-33(42-35)44(7)8/h10-11,14-16,18-19,22,25,27,29-30,34H,1,12-13,17,20-21H2,2-9H3,(H,40,41)(H,43,48)/t25?,27-,29-,34?,39-/m1/s1. The van der Waals surface area contributed by atoms with Crippen molar-refractivity contribution in [2.45, 2.75) is 89.3 Å². The monoisotopic (exact) mass is 761 g/mol. The molecule has 1 aliphatic heterocycles. The molecule has 2 N–H and O–H groups in total. The number of amides is 4. The normalized spacial score (nSPS) is 22.8. The molecule has 2 aliphatic carbocycles. The number of urea groups is 1. The van der Waals surface area contributed by atoms with Gasteiger partial charge >= 0.3 is 6.03 Å². The summed E-state index contributed by atoms with van der Waals surface area (Å²) >= 11 is 0. The third-order valence-electron chi connectivity index (χ3n) is 10.5. The summed E-state index contributed by atoms with van der Waals surface area (Å²) in [4.78, 5) is 57.9. The van der Waals surface area contributed by atoms with Gasteiger partial charge in [0.2, 0.25) is 15.9 Å². The maximum absolute atomic E-state index is 15.0. The molecule has 6 rings (SSSR count). The first-order valence-electron chi connectivity index (χ1n) is 18.4. The number of carbonyl (C=O) groups is 3. The highest BCUT2D eigenvalue weighted by Crippen LogP contribution is 2.51. The number of pyridine rings is 2. The summed E-state index contributed by atoms with van der Waals surface area (Å²) in [6, 6.07) is 9.14. The van der Waals surface area contributed by atoms with Crippen molar-refractivity contribution in [2.24, 2.45) is 11.8 Å². The van der Waals surface area contributed by atoms with Crippen LogP contribution in [-0.2, 0) is 19.6 Å². The van der Waals surface area contributed by atoms with Gasteiger partial charge in [0.25, 0.3) is 11.8 Å². The highest BCUT2D eigenvalue weighted by Gasteiger charge is 2.68. The van der Waals surface area contributed by atoms with Crippen LogP contribution in [0.5, 0.6) is 11.6 Å². The minimum absolute atomic E-state index is 0.0332. The number of hydrogen-bond donors (Lipinski definition) is 2. The first-order chi connectivity index (χ1) is 25.5. The third-order valence-corrected chi connectivity index (χ3v) is 12.3. The summed E-state index contributed by atoms with van der Waals surface area (Å²) in [5, 5.41) is 4.17. The molecule has 1 aromatic carbocycles. The number of sulfonamides is 1. The number of anilines is 2. The molecule has 3 fully saturated rings. The zero-order valence-electron chi connectivity index (χ0n) is 32.3. The molecular formula is C39H51N7O7S. The molecule has 3 aliphatic rings. The molecule has 1 saturated heterocycles. The van der Waals surface area contributed by atoms with Crippen molar-refractivity contribution in [3.05, 3.63) is 60.3 Å². The Balaban J connectivity index is 1.36. The molecule has 4 amide bonds. The van der Waals surface area contributed by atoms with Crippen LogP contribution in [0.3, 0.4) is 0 Å². The molecule has 3 heterocycles. The van der Waals surface area contributed by atoms with Gasteiger partial charge in [0.05, 0.1) is 18.9 Å². The van der Waals surface area contributed by atoms with Crippen LogP contribution in [0.4, 0.5) is 16.4 Å². The second-order valence-electron chi connectivity index (χ2n) is 15.4. The van der Waals surface area contributed by atoms with Crippen LogP contribution in [-0.4, -0.2) is 103 Å². The summed E-state index contributed by atoms with van der Waals surface area (Å²) in [6.45, 7) is 13.3. The first kappa shape index (κ1) is 38.8. The van der Waals surface area contributed by atoms with Crippen molar-refractivity contribution < 1.29 is 32.3 Å². The molecule has 2 unspecified atom stereocenters. The number of carbonyl (C=O) groups excluding carboxylic acids is 3. The van der Waals surface area contributed by atoms with E-state index in [9.17, 15) is 18.0 Å². The predicted octanol–water partition coefficient (Wildman–Crippen LogP) is 4.80. The van der Waals surface area contributed by atoms with E-state index in [2.05, 4.69) is 21.6 Å². The lowest BCUT2D eigenvalue weighted by atomic mass is 10.00. The second-order valence-corrected chi connectivity index (χ2v) is 17.3. The molecule has 0 spiro atoms. The molecule has 0 bridgehead atoms. The van der Waals surface area contributed by atoms with Crippen molar-refractivity contribution in [3.8, 4) is 11.6 Å². The Morgan fingerprint density at radius 3 is 2.41 bits per heavy atom. The molecule has 54 heavy (non-hydrogen) atoms. The predicted molar refractivity (Wildman–Crippen MR) is 207 cm³/mol. The number of nitrogens with one attached hydrogen (secondary N) is 2. The molecule has 14 nitrogen and oxygen atoms in total. The average Bonchev–Trinajstić information content (AvgIpc) is 4.03. The Morgan fingerprint density at radius 1 is 1.09 bits per heavy atom. The average molecular weight is 762 g/mol. The van der Waals surface area contributed by atoms with Crippen molar-refractivity contribution in [3.63, 3.8) is 0 Å². The lowest BCUT2D eigenvalue weighted by Gasteiger charge is -2.37. The second kappa shape index (κ2) is 14.7. The van der Waals surface area contributed by atoms with E-state index in [4.69, 9.17) is 14.5 Å². The fourth-order valence-corrected chi connectivity index (χ4v) is 8.66. The number of hydrogen-bond acceptors (Lipinski definition) is 11. The van der Waals surface area contributed by atoms with Crippen molar-refractivity contribution in [1.29, 1.82) is 0 Å². The van der Waals surface area contributed by atoms with Gasteiger partial charge in [0.15, 0.2) is 0 Å². The quantitative estimate of drug-likeness (QED) is 0.230. The Bertz CT molecular complexity index is 2070. The van der Waals surface area contributed by atoms with Crippen LogP contribution < -0.4 is 24.4 Å². The zero-order chi connectivity index (χ0) is 39.3. The lowest BCUT2D eigenvalue weighted by molar-refractivity contribution is -0.140. The Hall–Kier alpha value is -4.92. The van der Waals surface area contributed by atoms with E-state index in [0.29, 0.717) is 42.5 Å². The van der Waals surface area contributed by atoms with Crippen LogP contribution in [0.25, 0.3) is 10.8 Å². The van der Waals surface area contributed by atoms with Gasteiger partial charge in [0.1, 0.15) is 35.1 Å². The number of imide groups is 1. The molecule has 2 aromatic heterocycles. The minimum Gasteiger partial charge on any atom is -0.497 e. The number of benzene rings is 1. The third kappa shape index (κ3) is 7.55. The van der Waals surface area contributed by atoms with Crippen LogP contribution in [0, 0.1) is 25.7 Å². The zero-order valence-corrected chi connectivity index (χ0v) is 33.1. The van der Waals surface area contributed by atoms with E-state index in [0.717, 1.165) is 26.9 Å². The summed E-state index contributed by atoms with van der Waals surface area (Å²) in [7, 11) is 1.36. The molecule has 290 valence electrons. The van der Waals surface area contributed by atoms with E-state index < -0.39 is 62.8 Å². The first-order valence-corrected chi connectivity index (χ1v) is 19.9. The van der Waals surface area contributed by atoms with E-state index in [1.54, 1.807) is 13.2 Å². The number of rotatable bonds is 13. The molecule has 0 radical (unpaired) electrons. The molecular weight excluding hydrogens is 711 g/mol. The largest absolute Gasteiger partial charge is 0.497 e. The molecule has 5 atom stereocenters. The van der Waals surface area contributed by atoms with Gasteiger partial charge in [-0.05, 0) is 93.3 Å². The maximum Gasteiger partial charge on any atom is 0.328 e. The highest BCUT2D eigenvalue weighted by atomic mass is 32.2. The Labute approximate surface area is 317 Å². The summed E-state index contributed by atoms with van der Waals surface area (Å²) in [6.07, 6.45) is 2.31. The fraction of sp³-hybridized carbons (Fsp3) is 0.513. The minimum atomic E-state index is -4.01. The van der Waals surface area contributed by atoms with E-state index in [-0.39, 0.29) is 18.9 Å². The topological polar surface area (TPSA) is 163 Å². The van der Waals surface area contributed by atoms with Gasteiger partial charge in [0, 0.05) is 43.6 Å². The number of methoxy groups -OCH3 is 1. The van der Waals surface area contributed by atoms with Gasteiger partial charge in [-0.2, -0.15) is 4.98 Å². The van der Waals surface area contributed by atoms with Crippen molar-refractivity contribution in [1.82, 2.24) is 24.5 Å². The van der Waals surface area contributed by atoms with Gasteiger partial charge in [-0.1, -0.05) is 19.9 Å². The number of aryl methyl sites for hydroxylation is 2. The van der Waals surface area contributed by atoms with E-state index in [1.165, 1.54) is 11.0 Å². The van der Waals surface area contributed by atoms with Gasteiger partial charge < -0.3 is 24.6 Å². The summed E-state index contributed by atoms with van der Waals surface area (Å²) < 4.78 is 40.4. The van der Waals surface area contributed by atoms with Crippen LogP contribution in [0.15, 0.2) is 49.1 Å². The van der Waals surface area contributed by atoms with Gasteiger partial charge in [-0.25, -0.2) is 23.1 Å². The molecule has 15 heteroatoms. The van der Waals surface area contributed by atoms with Crippen LogP contribution in [0.1, 0.15) is 57.7 Å². The van der Waals surface area contributed by atoms with Crippen LogP contribution in [0.2, 0.25) is 0 Å². The number of nitrogens with zero attached hydrogens (tertiary/aromatic N) is 5. The Morgan fingerprint density at radius 2 is 1.81 bits per heavy atom. The summed E-state index contributed by atoms with van der Waals surface area (Å²) in [5.74, 6) is -0.431. The van der Waals surface area contributed by atoms with Crippen LogP contribution >= 0.6 is 0 Å². The fourth-order valence-electron chi connectivity index (χ4n) is 7.30. The van der Waals surface area contributed by atoms with Gasteiger partial charge in [-0.15, -0.1) is 6.58 Å². The van der Waals surface area contributed by atoms with Crippen molar-refractivity contribution >= 4 is 50.3 Å². The number of aromatic nitrogens is 2. The molecule has 2 saturated carbocycles. The Kier molecular flexibility index (Phi) is 10.6. The molecule has 3 aromatic rings. The number of likely N-dealkylation sites (tertiary alicyclic amines) is 1. The number of ether oxygens (including phenoxy) is 2. The van der Waals surface area contributed by atoms with E-state index in [1.807, 2.05) is 83.9 Å². The lowest BCUT2D eigenvalue weighted by Crippen LogP contribution is -2.63. The number of fused-ring (bicyclic) bond motifs is 1. The maximum atomic E-state index is 15.0. The summed E-state index contributed by atoms with van der Waals surface area (Å²) in [5.41, 5.74) is -0.139. The smallest absolute Gasteiger partial charge is 0.328 e. The van der Waals surface area contributed by atoms with E-state index >= 15 is 4.79 Å².